The minimum Gasteiger partial charge on any atom is -0.325 e. The molecule has 162 valence electrons. The smallest absolute Gasteiger partial charge is 0.257 e. The molecule has 1 heterocycles. The molecular formula is C24H22N4O2S2. The van der Waals surface area contributed by atoms with Crippen molar-refractivity contribution in [3.63, 3.8) is 0 Å². The molecule has 0 saturated carbocycles. The van der Waals surface area contributed by atoms with Gasteiger partial charge in [-0.15, -0.1) is 10.2 Å². The summed E-state index contributed by atoms with van der Waals surface area (Å²) >= 11 is 2.53. The van der Waals surface area contributed by atoms with E-state index in [2.05, 4.69) is 20.8 Å². The van der Waals surface area contributed by atoms with E-state index in [9.17, 15) is 9.59 Å². The maximum Gasteiger partial charge on any atom is 0.257 e. The number of fused-ring (bicyclic) bond motifs is 1. The topological polar surface area (TPSA) is 84.0 Å². The molecule has 32 heavy (non-hydrogen) atoms. The van der Waals surface area contributed by atoms with Crippen LogP contribution in [0.1, 0.15) is 27.0 Å². The average molecular weight is 463 g/mol. The number of anilines is 2. The maximum atomic E-state index is 12.6. The molecule has 4 aromatic rings. The number of nitrogens with one attached hydrogen (secondary N) is 2. The maximum absolute atomic E-state index is 12.6. The van der Waals surface area contributed by atoms with Gasteiger partial charge in [-0.1, -0.05) is 71.1 Å². The van der Waals surface area contributed by atoms with E-state index in [1.54, 1.807) is 6.07 Å². The SMILES string of the molecule is Cc1cc(C)c(NC(=O)CSc2nnc(NC(=O)c3ccc4ccccc4c3)s2)c(C)c1. The van der Waals surface area contributed by atoms with Crippen LogP contribution in [-0.4, -0.2) is 27.8 Å². The number of thioether (sulfide) groups is 1. The third-order valence-corrected chi connectivity index (χ3v) is 6.88. The van der Waals surface area contributed by atoms with Crippen LogP contribution in [0.4, 0.5) is 10.8 Å². The number of carbonyl (C=O) groups is 2. The first-order chi connectivity index (χ1) is 15.4. The minimum absolute atomic E-state index is 0.109. The summed E-state index contributed by atoms with van der Waals surface area (Å²) in [6.07, 6.45) is 0. The van der Waals surface area contributed by atoms with E-state index in [0.29, 0.717) is 15.0 Å². The van der Waals surface area contributed by atoms with Crippen molar-refractivity contribution < 1.29 is 9.59 Å². The summed E-state index contributed by atoms with van der Waals surface area (Å²) in [5, 5.41) is 16.3. The lowest BCUT2D eigenvalue weighted by molar-refractivity contribution is -0.113. The standard InChI is InChI=1S/C24H22N4O2S2/c1-14-10-15(2)21(16(3)11-14)25-20(29)13-31-24-28-27-23(32-24)26-22(30)19-9-8-17-6-4-5-7-18(17)12-19/h4-12H,13H2,1-3H3,(H,25,29)(H,26,27,30). The predicted molar refractivity (Wildman–Crippen MR) is 132 cm³/mol. The highest BCUT2D eigenvalue weighted by atomic mass is 32.2. The molecule has 0 saturated heterocycles. The molecule has 1 aromatic heterocycles. The van der Waals surface area contributed by atoms with Crippen LogP contribution in [0.25, 0.3) is 10.8 Å². The van der Waals surface area contributed by atoms with Crippen molar-refractivity contribution in [3.8, 4) is 0 Å². The van der Waals surface area contributed by atoms with Crippen molar-refractivity contribution in [2.75, 3.05) is 16.4 Å². The Hall–Kier alpha value is -3.23. The molecular weight excluding hydrogens is 440 g/mol. The van der Waals surface area contributed by atoms with Gasteiger partial charge in [-0.25, -0.2) is 0 Å². The fourth-order valence-electron chi connectivity index (χ4n) is 3.50. The summed E-state index contributed by atoms with van der Waals surface area (Å²) in [7, 11) is 0. The lowest BCUT2D eigenvalue weighted by Crippen LogP contribution is -2.15. The second kappa shape index (κ2) is 9.50. The molecule has 0 atom stereocenters. The molecule has 0 aliphatic heterocycles. The van der Waals surface area contributed by atoms with Gasteiger partial charge in [-0.3, -0.25) is 14.9 Å². The van der Waals surface area contributed by atoms with Crippen LogP contribution in [0.15, 0.2) is 58.9 Å². The number of amides is 2. The van der Waals surface area contributed by atoms with Crippen LogP contribution < -0.4 is 10.6 Å². The zero-order valence-electron chi connectivity index (χ0n) is 17.9. The Bertz CT molecular complexity index is 1290. The molecule has 4 rings (SSSR count). The number of aromatic nitrogens is 2. The third kappa shape index (κ3) is 5.15. The number of hydrogen-bond acceptors (Lipinski definition) is 6. The van der Waals surface area contributed by atoms with Gasteiger partial charge in [0.1, 0.15) is 0 Å². The van der Waals surface area contributed by atoms with E-state index in [4.69, 9.17) is 0 Å². The van der Waals surface area contributed by atoms with Crippen molar-refractivity contribution in [1.29, 1.82) is 0 Å². The van der Waals surface area contributed by atoms with E-state index in [0.717, 1.165) is 27.6 Å². The second-order valence-corrected chi connectivity index (χ2v) is 9.70. The first kappa shape index (κ1) is 22.0. The van der Waals surface area contributed by atoms with Crippen molar-refractivity contribution in [2.45, 2.75) is 25.1 Å². The number of rotatable bonds is 6. The molecule has 2 amide bonds. The first-order valence-corrected chi connectivity index (χ1v) is 11.8. The zero-order chi connectivity index (χ0) is 22.7. The van der Waals surface area contributed by atoms with Gasteiger partial charge in [0, 0.05) is 11.3 Å². The highest BCUT2D eigenvalue weighted by molar-refractivity contribution is 8.01. The summed E-state index contributed by atoms with van der Waals surface area (Å²) in [5.41, 5.74) is 4.64. The molecule has 0 spiro atoms. The van der Waals surface area contributed by atoms with Crippen LogP contribution in [0.3, 0.4) is 0 Å². The molecule has 0 radical (unpaired) electrons. The Labute approximate surface area is 194 Å². The molecule has 0 aliphatic rings. The monoisotopic (exact) mass is 462 g/mol. The second-order valence-electron chi connectivity index (χ2n) is 7.50. The summed E-state index contributed by atoms with van der Waals surface area (Å²) in [5.74, 6) is -0.145. The fourth-order valence-corrected chi connectivity index (χ4v) is 5.05. The minimum atomic E-state index is -0.244. The molecule has 8 heteroatoms. The number of nitrogens with zero attached hydrogens (tertiary/aromatic N) is 2. The largest absolute Gasteiger partial charge is 0.325 e. The number of benzene rings is 3. The van der Waals surface area contributed by atoms with Gasteiger partial charge >= 0.3 is 0 Å². The van der Waals surface area contributed by atoms with Crippen molar-refractivity contribution >= 4 is 56.5 Å². The Balaban J connectivity index is 1.34. The highest BCUT2D eigenvalue weighted by Crippen LogP contribution is 2.27. The summed E-state index contributed by atoms with van der Waals surface area (Å²) in [6, 6.07) is 17.5. The molecule has 0 fully saturated rings. The van der Waals surface area contributed by atoms with Crippen LogP contribution >= 0.6 is 23.1 Å². The quantitative estimate of drug-likeness (QED) is 0.288. The lowest BCUT2D eigenvalue weighted by atomic mass is 10.1. The first-order valence-electron chi connectivity index (χ1n) is 10.0. The van der Waals surface area contributed by atoms with Gasteiger partial charge in [-0.05, 0) is 54.8 Å². The van der Waals surface area contributed by atoms with Gasteiger partial charge in [0.05, 0.1) is 5.75 Å². The van der Waals surface area contributed by atoms with E-state index < -0.39 is 0 Å². The van der Waals surface area contributed by atoms with Crippen LogP contribution in [0.2, 0.25) is 0 Å². The Morgan fingerprint density at radius 3 is 2.38 bits per heavy atom. The van der Waals surface area contributed by atoms with Crippen LogP contribution in [-0.2, 0) is 4.79 Å². The lowest BCUT2D eigenvalue weighted by Gasteiger charge is -2.12. The highest BCUT2D eigenvalue weighted by Gasteiger charge is 2.13. The summed E-state index contributed by atoms with van der Waals surface area (Å²) in [4.78, 5) is 25.0. The van der Waals surface area contributed by atoms with Crippen molar-refractivity contribution in [2.24, 2.45) is 0 Å². The summed E-state index contributed by atoms with van der Waals surface area (Å²) < 4.78 is 0.617. The van der Waals surface area contributed by atoms with Gasteiger partial charge in [0.2, 0.25) is 11.0 Å². The van der Waals surface area contributed by atoms with E-state index in [-0.39, 0.29) is 17.6 Å². The van der Waals surface area contributed by atoms with E-state index >= 15 is 0 Å². The number of carbonyl (C=O) groups excluding carboxylic acids is 2. The Morgan fingerprint density at radius 2 is 1.62 bits per heavy atom. The van der Waals surface area contributed by atoms with Crippen LogP contribution in [0.5, 0.6) is 0 Å². The van der Waals surface area contributed by atoms with E-state index in [1.165, 1.54) is 28.7 Å². The van der Waals surface area contributed by atoms with Crippen LogP contribution in [0, 0.1) is 20.8 Å². The molecule has 2 N–H and O–H groups in total. The molecule has 0 bridgehead atoms. The molecule has 3 aromatic carbocycles. The normalized spacial score (nSPS) is 10.8. The van der Waals surface area contributed by atoms with Crippen molar-refractivity contribution in [1.82, 2.24) is 10.2 Å². The van der Waals surface area contributed by atoms with Gasteiger partial charge in [0.25, 0.3) is 5.91 Å². The predicted octanol–water partition coefficient (Wildman–Crippen LogP) is 5.60. The average Bonchev–Trinajstić information content (AvgIpc) is 3.21. The van der Waals surface area contributed by atoms with E-state index in [1.807, 2.05) is 69.3 Å². The Morgan fingerprint density at radius 1 is 0.906 bits per heavy atom. The molecule has 0 aliphatic carbocycles. The number of aryl methyl sites for hydroxylation is 3. The molecule has 6 nitrogen and oxygen atoms in total. The summed E-state index contributed by atoms with van der Waals surface area (Å²) in [6.45, 7) is 6.00. The van der Waals surface area contributed by atoms with Gasteiger partial charge < -0.3 is 5.32 Å². The third-order valence-electron chi connectivity index (χ3n) is 4.91. The Kier molecular flexibility index (Phi) is 6.53. The van der Waals surface area contributed by atoms with Crippen molar-refractivity contribution in [3.05, 3.63) is 76.9 Å². The fraction of sp³-hybridized carbons (Fsp3) is 0.167. The van der Waals surface area contributed by atoms with Gasteiger partial charge in [-0.2, -0.15) is 0 Å². The van der Waals surface area contributed by atoms with Gasteiger partial charge in [0.15, 0.2) is 4.34 Å². The number of hydrogen-bond donors (Lipinski definition) is 2. The zero-order valence-corrected chi connectivity index (χ0v) is 19.6. The molecule has 0 unspecified atom stereocenters.